The molecule has 2 heteroatoms. The summed E-state index contributed by atoms with van der Waals surface area (Å²) in [6.07, 6.45) is 10.0. The van der Waals surface area contributed by atoms with E-state index in [0.717, 1.165) is 17.9 Å². The molecule has 1 aliphatic heterocycles. The Morgan fingerprint density at radius 3 is 2.65 bits per heavy atom. The van der Waals surface area contributed by atoms with Gasteiger partial charge in [-0.3, -0.25) is 0 Å². The lowest BCUT2D eigenvalue weighted by atomic mass is 9.92. The molecule has 2 rings (SSSR count). The molecule has 2 nitrogen and oxygen atoms in total. The van der Waals surface area contributed by atoms with Crippen LogP contribution in [-0.4, -0.2) is 37.6 Å². The Bertz CT molecular complexity index is 217. The second kappa shape index (κ2) is 6.75. The van der Waals surface area contributed by atoms with Gasteiger partial charge in [0, 0.05) is 19.1 Å². The first kappa shape index (κ1) is 13.4. The monoisotopic (exact) mass is 238 g/mol. The summed E-state index contributed by atoms with van der Waals surface area (Å²) in [6, 6.07) is 0.773. The minimum atomic E-state index is 0.773. The molecule has 2 aliphatic rings. The summed E-state index contributed by atoms with van der Waals surface area (Å²) in [5, 5.41) is 3.57. The van der Waals surface area contributed by atoms with Crippen molar-refractivity contribution in [3.63, 3.8) is 0 Å². The van der Waals surface area contributed by atoms with Crippen LogP contribution in [0.4, 0.5) is 0 Å². The molecular weight excluding hydrogens is 208 g/mol. The lowest BCUT2D eigenvalue weighted by Crippen LogP contribution is -2.43. The smallest absolute Gasteiger partial charge is 0.0104 e. The summed E-state index contributed by atoms with van der Waals surface area (Å²) in [7, 11) is 2.15. The fraction of sp³-hybridized carbons (Fsp3) is 1.00. The first-order chi connectivity index (χ1) is 8.29. The van der Waals surface area contributed by atoms with E-state index >= 15 is 0 Å². The lowest BCUT2D eigenvalue weighted by Gasteiger charge is -2.35. The summed E-state index contributed by atoms with van der Waals surface area (Å²) >= 11 is 0. The van der Waals surface area contributed by atoms with Crippen molar-refractivity contribution in [1.82, 2.24) is 10.2 Å². The van der Waals surface area contributed by atoms with Gasteiger partial charge in [0.2, 0.25) is 0 Å². The highest BCUT2D eigenvalue weighted by molar-refractivity contribution is 4.82. The lowest BCUT2D eigenvalue weighted by molar-refractivity contribution is 0.142. The van der Waals surface area contributed by atoms with Crippen molar-refractivity contribution in [2.45, 2.75) is 57.9 Å². The molecule has 1 saturated carbocycles. The van der Waals surface area contributed by atoms with Crippen LogP contribution >= 0.6 is 0 Å². The number of nitrogens with one attached hydrogen (secondary N) is 1. The molecule has 1 aliphatic carbocycles. The molecular formula is C15H30N2. The van der Waals surface area contributed by atoms with Crippen LogP contribution in [0.2, 0.25) is 0 Å². The third kappa shape index (κ3) is 3.96. The van der Waals surface area contributed by atoms with E-state index in [2.05, 4.69) is 24.2 Å². The van der Waals surface area contributed by atoms with Crippen LogP contribution in [0.5, 0.6) is 0 Å². The van der Waals surface area contributed by atoms with Crippen molar-refractivity contribution >= 4 is 0 Å². The predicted octanol–water partition coefficient (Wildman–Crippen LogP) is 2.89. The molecule has 1 saturated heterocycles. The van der Waals surface area contributed by atoms with E-state index in [-0.39, 0.29) is 0 Å². The molecule has 0 radical (unpaired) electrons. The number of likely N-dealkylation sites (tertiary alicyclic amines) is 1. The summed E-state index contributed by atoms with van der Waals surface area (Å²) in [5.41, 5.74) is 0. The van der Waals surface area contributed by atoms with Crippen molar-refractivity contribution in [1.29, 1.82) is 0 Å². The Hall–Kier alpha value is -0.0800. The van der Waals surface area contributed by atoms with Crippen LogP contribution in [0, 0.1) is 11.8 Å². The SMILES string of the molecule is CNC1CCCCCC1CN1CCCC(C)C1. The van der Waals surface area contributed by atoms with Gasteiger partial charge in [0.15, 0.2) is 0 Å². The van der Waals surface area contributed by atoms with Gasteiger partial charge in [0.05, 0.1) is 0 Å². The first-order valence-electron chi connectivity index (χ1n) is 7.69. The number of rotatable bonds is 3. The van der Waals surface area contributed by atoms with Gasteiger partial charge in [0.25, 0.3) is 0 Å². The van der Waals surface area contributed by atoms with Gasteiger partial charge in [-0.1, -0.05) is 26.2 Å². The summed E-state index contributed by atoms with van der Waals surface area (Å²) in [5.74, 6) is 1.82. The van der Waals surface area contributed by atoms with Gasteiger partial charge in [-0.05, 0) is 51.1 Å². The number of hydrogen-bond acceptors (Lipinski definition) is 2. The normalized spacial score (nSPS) is 36.7. The molecule has 1 N–H and O–H groups in total. The zero-order valence-electron chi connectivity index (χ0n) is 11.8. The van der Waals surface area contributed by atoms with E-state index in [1.807, 2.05) is 0 Å². The maximum Gasteiger partial charge on any atom is 0.0104 e. The molecule has 0 aromatic carbocycles. The average Bonchev–Trinajstić information content (AvgIpc) is 2.54. The minimum absolute atomic E-state index is 0.773. The first-order valence-corrected chi connectivity index (χ1v) is 7.69. The van der Waals surface area contributed by atoms with Crippen LogP contribution in [-0.2, 0) is 0 Å². The summed E-state index contributed by atoms with van der Waals surface area (Å²) in [4.78, 5) is 2.73. The molecule has 100 valence electrons. The minimum Gasteiger partial charge on any atom is -0.317 e. The fourth-order valence-electron chi connectivity index (χ4n) is 3.77. The number of hydrogen-bond donors (Lipinski definition) is 1. The van der Waals surface area contributed by atoms with E-state index in [4.69, 9.17) is 0 Å². The van der Waals surface area contributed by atoms with Gasteiger partial charge in [-0.25, -0.2) is 0 Å². The molecule has 0 bridgehead atoms. The van der Waals surface area contributed by atoms with Crippen molar-refractivity contribution in [2.24, 2.45) is 11.8 Å². The summed E-state index contributed by atoms with van der Waals surface area (Å²) < 4.78 is 0. The maximum atomic E-state index is 3.57. The van der Waals surface area contributed by atoms with Gasteiger partial charge >= 0.3 is 0 Å². The zero-order valence-corrected chi connectivity index (χ0v) is 11.8. The average molecular weight is 238 g/mol. The third-order valence-corrected chi connectivity index (χ3v) is 4.76. The Kier molecular flexibility index (Phi) is 5.30. The van der Waals surface area contributed by atoms with Gasteiger partial charge in [-0.15, -0.1) is 0 Å². The van der Waals surface area contributed by atoms with E-state index in [1.165, 1.54) is 64.6 Å². The largest absolute Gasteiger partial charge is 0.317 e. The van der Waals surface area contributed by atoms with Gasteiger partial charge < -0.3 is 10.2 Å². The number of piperidine rings is 1. The van der Waals surface area contributed by atoms with E-state index in [9.17, 15) is 0 Å². The Labute approximate surface area is 107 Å². The molecule has 17 heavy (non-hydrogen) atoms. The predicted molar refractivity (Wildman–Crippen MR) is 74.3 cm³/mol. The second-order valence-corrected chi connectivity index (χ2v) is 6.30. The van der Waals surface area contributed by atoms with Crippen LogP contribution in [0.3, 0.4) is 0 Å². The molecule has 1 heterocycles. The molecule has 0 spiro atoms. The highest BCUT2D eigenvalue weighted by Crippen LogP contribution is 2.26. The van der Waals surface area contributed by atoms with Crippen LogP contribution in [0.25, 0.3) is 0 Å². The molecule has 0 aromatic heterocycles. The zero-order chi connectivity index (χ0) is 12.1. The standard InChI is InChI=1S/C15H30N2/c1-13-7-6-10-17(11-13)12-14-8-4-3-5-9-15(14)16-2/h13-16H,3-12H2,1-2H3. The number of nitrogens with zero attached hydrogens (tertiary/aromatic N) is 1. The van der Waals surface area contributed by atoms with Gasteiger partial charge in [-0.2, -0.15) is 0 Å². The van der Waals surface area contributed by atoms with Gasteiger partial charge in [0.1, 0.15) is 0 Å². The van der Waals surface area contributed by atoms with Crippen molar-refractivity contribution in [2.75, 3.05) is 26.7 Å². The van der Waals surface area contributed by atoms with Crippen molar-refractivity contribution in [3.05, 3.63) is 0 Å². The summed E-state index contributed by atoms with van der Waals surface area (Å²) in [6.45, 7) is 6.44. The van der Waals surface area contributed by atoms with Crippen LogP contribution < -0.4 is 5.32 Å². The second-order valence-electron chi connectivity index (χ2n) is 6.30. The third-order valence-electron chi connectivity index (χ3n) is 4.76. The highest BCUT2D eigenvalue weighted by Gasteiger charge is 2.26. The Morgan fingerprint density at radius 2 is 1.88 bits per heavy atom. The van der Waals surface area contributed by atoms with Crippen molar-refractivity contribution in [3.8, 4) is 0 Å². The topological polar surface area (TPSA) is 15.3 Å². The van der Waals surface area contributed by atoms with Crippen molar-refractivity contribution < 1.29 is 0 Å². The Morgan fingerprint density at radius 1 is 1.06 bits per heavy atom. The fourth-order valence-corrected chi connectivity index (χ4v) is 3.77. The Balaban J connectivity index is 1.85. The molecule has 3 unspecified atom stereocenters. The maximum absolute atomic E-state index is 3.57. The molecule has 0 aromatic rings. The molecule has 2 fully saturated rings. The quantitative estimate of drug-likeness (QED) is 0.761. The van der Waals surface area contributed by atoms with E-state index in [0.29, 0.717) is 0 Å². The van der Waals surface area contributed by atoms with E-state index in [1.54, 1.807) is 0 Å². The van der Waals surface area contributed by atoms with E-state index < -0.39 is 0 Å². The molecule has 3 atom stereocenters. The van der Waals surface area contributed by atoms with Crippen LogP contribution in [0.1, 0.15) is 51.9 Å². The highest BCUT2D eigenvalue weighted by atomic mass is 15.1. The molecule has 0 amide bonds. The van der Waals surface area contributed by atoms with Crippen LogP contribution in [0.15, 0.2) is 0 Å².